The van der Waals surface area contributed by atoms with Crippen molar-refractivity contribution < 1.29 is 4.79 Å². The van der Waals surface area contributed by atoms with Crippen LogP contribution in [0.15, 0.2) is 12.4 Å². The summed E-state index contributed by atoms with van der Waals surface area (Å²) in [5, 5.41) is 2.96. The van der Waals surface area contributed by atoms with Crippen LogP contribution >= 0.6 is 0 Å². The number of nitrogens with zero attached hydrogens (tertiary/aromatic N) is 3. The van der Waals surface area contributed by atoms with E-state index in [1.165, 1.54) is 0 Å². The Morgan fingerprint density at radius 3 is 3.06 bits per heavy atom. The van der Waals surface area contributed by atoms with Gasteiger partial charge in [0, 0.05) is 20.5 Å². The van der Waals surface area contributed by atoms with E-state index < -0.39 is 0 Å². The fourth-order valence-electron chi connectivity index (χ4n) is 2.11. The summed E-state index contributed by atoms with van der Waals surface area (Å²) in [5.41, 5.74) is 0.875. The quantitative estimate of drug-likeness (QED) is 0.813. The maximum atomic E-state index is 11.4. The second-order valence-corrected chi connectivity index (χ2v) is 3.95. The van der Waals surface area contributed by atoms with Crippen LogP contribution in [0, 0.1) is 0 Å². The molecule has 1 fully saturated rings. The van der Waals surface area contributed by atoms with E-state index in [1.807, 2.05) is 11.9 Å². The molecule has 1 saturated heterocycles. The highest BCUT2D eigenvalue weighted by atomic mass is 16.2. The van der Waals surface area contributed by atoms with E-state index in [0.29, 0.717) is 0 Å². The number of aromatic nitrogens is 2. The second-order valence-electron chi connectivity index (χ2n) is 3.95. The van der Waals surface area contributed by atoms with Gasteiger partial charge < -0.3 is 10.2 Å². The van der Waals surface area contributed by atoms with Gasteiger partial charge in [0.05, 0.1) is 24.1 Å². The van der Waals surface area contributed by atoms with Crippen molar-refractivity contribution in [1.82, 2.24) is 14.9 Å². The van der Waals surface area contributed by atoms with Crippen molar-refractivity contribution in [2.45, 2.75) is 25.8 Å². The monoisotopic (exact) mass is 220 g/mol. The van der Waals surface area contributed by atoms with Gasteiger partial charge in [0.15, 0.2) is 0 Å². The molecular weight excluding hydrogens is 204 g/mol. The number of anilines is 1. The van der Waals surface area contributed by atoms with Crippen LogP contribution in [-0.2, 0) is 4.79 Å². The van der Waals surface area contributed by atoms with E-state index in [9.17, 15) is 4.79 Å². The van der Waals surface area contributed by atoms with Crippen molar-refractivity contribution in [3.05, 3.63) is 18.1 Å². The Labute approximate surface area is 94.9 Å². The number of carbonyl (C=O) groups is 1. The second kappa shape index (κ2) is 4.47. The Morgan fingerprint density at radius 2 is 2.38 bits per heavy atom. The molecule has 2 heterocycles. The lowest BCUT2D eigenvalue weighted by Crippen LogP contribution is -2.28. The summed E-state index contributed by atoms with van der Waals surface area (Å²) >= 11 is 0. The summed E-state index contributed by atoms with van der Waals surface area (Å²) in [6, 6.07) is 0.0956. The normalized spacial score (nSPS) is 19.9. The van der Waals surface area contributed by atoms with Crippen LogP contribution in [0.4, 0.5) is 5.82 Å². The molecule has 0 aromatic carbocycles. The highest BCUT2D eigenvalue weighted by molar-refractivity contribution is 5.74. The van der Waals surface area contributed by atoms with Crippen LogP contribution in [0.25, 0.3) is 0 Å². The highest BCUT2D eigenvalue weighted by Gasteiger charge is 2.29. The summed E-state index contributed by atoms with van der Waals surface area (Å²) in [7, 11) is 1.81. The number of carbonyl (C=O) groups excluding carboxylic acids is 1. The first kappa shape index (κ1) is 10.9. The maximum Gasteiger partial charge on any atom is 0.220 e. The summed E-state index contributed by atoms with van der Waals surface area (Å²) in [6.07, 6.45) is 5.43. The fraction of sp³-hybridized carbons (Fsp3) is 0.545. The topological polar surface area (TPSA) is 58.1 Å². The van der Waals surface area contributed by atoms with Crippen molar-refractivity contribution in [3.8, 4) is 0 Å². The number of hydrogen-bond acceptors (Lipinski definition) is 4. The largest absolute Gasteiger partial charge is 0.372 e. The van der Waals surface area contributed by atoms with E-state index >= 15 is 0 Å². The summed E-state index contributed by atoms with van der Waals surface area (Å²) in [4.78, 5) is 21.9. The van der Waals surface area contributed by atoms with Crippen LogP contribution in [0.3, 0.4) is 0 Å². The molecule has 1 amide bonds. The van der Waals surface area contributed by atoms with E-state index in [2.05, 4.69) is 15.3 Å². The molecular formula is C11H16N4O. The molecule has 5 heteroatoms. The van der Waals surface area contributed by atoms with Crippen LogP contribution in [0.1, 0.15) is 31.5 Å². The highest BCUT2D eigenvalue weighted by Crippen LogP contribution is 2.30. The van der Waals surface area contributed by atoms with Gasteiger partial charge in [-0.05, 0) is 12.8 Å². The molecule has 16 heavy (non-hydrogen) atoms. The number of amides is 1. The molecule has 1 aromatic heterocycles. The van der Waals surface area contributed by atoms with Crippen LogP contribution < -0.4 is 5.32 Å². The van der Waals surface area contributed by atoms with Crippen molar-refractivity contribution in [2.24, 2.45) is 0 Å². The zero-order chi connectivity index (χ0) is 11.5. The van der Waals surface area contributed by atoms with Crippen molar-refractivity contribution >= 4 is 11.7 Å². The summed E-state index contributed by atoms with van der Waals surface area (Å²) in [5.74, 6) is 0.854. The molecule has 0 saturated carbocycles. The van der Waals surface area contributed by atoms with E-state index in [0.717, 1.165) is 30.9 Å². The Kier molecular flexibility index (Phi) is 3.03. The van der Waals surface area contributed by atoms with Gasteiger partial charge in [0.25, 0.3) is 0 Å². The van der Waals surface area contributed by atoms with Crippen LogP contribution in [0.2, 0.25) is 0 Å². The lowest BCUT2D eigenvalue weighted by molar-refractivity contribution is -0.129. The van der Waals surface area contributed by atoms with Gasteiger partial charge in [-0.3, -0.25) is 9.78 Å². The molecule has 0 bridgehead atoms. The smallest absolute Gasteiger partial charge is 0.220 e. The van der Waals surface area contributed by atoms with Crippen LogP contribution in [0.5, 0.6) is 0 Å². The minimum Gasteiger partial charge on any atom is -0.372 e. The third-order valence-electron chi connectivity index (χ3n) is 2.91. The number of rotatable bonds is 2. The van der Waals surface area contributed by atoms with Crippen molar-refractivity contribution in [1.29, 1.82) is 0 Å². The first-order valence-corrected chi connectivity index (χ1v) is 5.49. The molecule has 0 spiro atoms. The predicted molar refractivity (Wildman–Crippen MR) is 60.9 cm³/mol. The lowest BCUT2D eigenvalue weighted by Gasteiger charge is -2.22. The predicted octanol–water partition coefficient (Wildman–Crippen LogP) is 1.20. The number of hydrogen-bond donors (Lipinski definition) is 1. The number of nitrogens with one attached hydrogen (secondary N) is 1. The summed E-state index contributed by atoms with van der Waals surface area (Å²) < 4.78 is 0. The van der Waals surface area contributed by atoms with E-state index in [-0.39, 0.29) is 11.9 Å². The average molecular weight is 220 g/mol. The van der Waals surface area contributed by atoms with Gasteiger partial charge in [-0.15, -0.1) is 0 Å². The molecule has 5 nitrogen and oxygen atoms in total. The maximum absolute atomic E-state index is 11.4. The Balaban J connectivity index is 2.25. The van der Waals surface area contributed by atoms with Gasteiger partial charge in [-0.1, -0.05) is 0 Å². The van der Waals surface area contributed by atoms with Gasteiger partial charge in [-0.25, -0.2) is 4.98 Å². The molecule has 0 radical (unpaired) electrons. The molecule has 86 valence electrons. The van der Waals surface area contributed by atoms with E-state index in [1.54, 1.807) is 19.3 Å². The first-order valence-electron chi connectivity index (χ1n) is 5.49. The molecule has 1 aliphatic heterocycles. The van der Waals surface area contributed by atoms with Gasteiger partial charge in [-0.2, -0.15) is 0 Å². The SMILES string of the molecule is CNc1cncc([C@H]2CCCN2C(C)=O)n1. The fourth-order valence-corrected chi connectivity index (χ4v) is 2.11. The standard InChI is InChI=1S/C11H16N4O/c1-8(16)15-5-3-4-10(15)9-6-13-7-11(12-2)14-9/h6-7,10H,3-5H2,1-2H3,(H,12,14)/t10-/m1/s1. The minimum atomic E-state index is 0.0956. The van der Waals surface area contributed by atoms with Crippen molar-refractivity contribution in [2.75, 3.05) is 18.9 Å². The van der Waals surface area contributed by atoms with Gasteiger partial charge in [0.1, 0.15) is 5.82 Å². The molecule has 1 aromatic rings. The zero-order valence-electron chi connectivity index (χ0n) is 9.60. The molecule has 0 unspecified atom stereocenters. The van der Waals surface area contributed by atoms with Gasteiger partial charge >= 0.3 is 0 Å². The van der Waals surface area contributed by atoms with Crippen molar-refractivity contribution in [3.63, 3.8) is 0 Å². The third kappa shape index (κ3) is 1.98. The molecule has 1 N–H and O–H groups in total. The Hall–Kier alpha value is -1.65. The lowest BCUT2D eigenvalue weighted by atomic mass is 10.1. The third-order valence-corrected chi connectivity index (χ3v) is 2.91. The average Bonchev–Trinajstić information content (AvgIpc) is 2.78. The summed E-state index contributed by atoms with van der Waals surface area (Å²) in [6.45, 7) is 2.43. The molecule has 1 aliphatic rings. The molecule has 1 atom stereocenters. The van der Waals surface area contributed by atoms with Crippen LogP contribution in [-0.4, -0.2) is 34.4 Å². The first-order chi connectivity index (χ1) is 7.72. The Morgan fingerprint density at radius 1 is 1.56 bits per heavy atom. The number of likely N-dealkylation sites (tertiary alicyclic amines) is 1. The Bertz CT molecular complexity index is 393. The van der Waals surface area contributed by atoms with E-state index in [4.69, 9.17) is 0 Å². The molecule has 0 aliphatic carbocycles. The minimum absolute atomic E-state index is 0.0956. The van der Waals surface area contributed by atoms with Gasteiger partial charge in [0.2, 0.25) is 5.91 Å². The molecule has 2 rings (SSSR count). The zero-order valence-corrected chi connectivity index (χ0v) is 9.60.